The maximum atomic E-state index is 5.24. The monoisotopic (exact) mass is 224 g/mol. The van der Waals surface area contributed by atoms with Gasteiger partial charge in [-0.05, 0) is 16.2 Å². The molecule has 3 nitrogen and oxygen atoms in total. The maximum Gasteiger partial charge on any atom is 0.500 e. The predicted molar refractivity (Wildman–Crippen MR) is 62.2 cm³/mol. The molecule has 0 atom stereocenters. The summed E-state index contributed by atoms with van der Waals surface area (Å²) < 4.78 is 15.7. The molecule has 0 radical (unpaired) electrons. The van der Waals surface area contributed by atoms with Crippen molar-refractivity contribution in [3.63, 3.8) is 0 Å². The Bertz CT molecular complexity index is 97.3. The Morgan fingerprint density at radius 3 is 1.38 bits per heavy atom. The average Bonchev–Trinajstić information content (AvgIpc) is 2.17. The summed E-state index contributed by atoms with van der Waals surface area (Å²) >= 11 is 0. The van der Waals surface area contributed by atoms with Gasteiger partial charge in [0.15, 0.2) is 0 Å². The normalized spacial score (nSPS) is 11.3. The maximum absolute atomic E-state index is 5.24. The minimum atomic E-state index is -2.28. The summed E-state index contributed by atoms with van der Waals surface area (Å²) in [6, 6.07) is 0.872. The van der Waals surface area contributed by atoms with Gasteiger partial charge in [0.1, 0.15) is 0 Å². The van der Waals surface area contributed by atoms with Gasteiger partial charge < -0.3 is 13.3 Å². The molecule has 0 bridgehead atoms. The fourth-order valence-electron chi connectivity index (χ4n) is 1.00. The molecule has 0 saturated heterocycles. The first kappa shape index (κ1) is 15.8. The highest BCUT2D eigenvalue weighted by molar-refractivity contribution is 6.60. The molecular weight excluding hydrogens is 200 g/mol. The van der Waals surface area contributed by atoms with Crippen LogP contribution in [0.4, 0.5) is 0 Å². The number of rotatable bonds is 5. The standard InChI is InChI=1S/C7H18O3Si.CH6Si/c1-7(2)6-11(8-3,9-4)10-5;1-2/h7H,6H2,1-5H3;1-2H3. The van der Waals surface area contributed by atoms with Crippen LogP contribution in [0.5, 0.6) is 0 Å². The second kappa shape index (κ2) is 8.89. The molecule has 0 aliphatic carbocycles. The van der Waals surface area contributed by atoms with Crippen molar-refractivity contribution in [1.29, 1.82) is 0 Å². The van der Waals surface area contributed by atoms with Crippen LogP contribution in [0.2, 0.25) is 12.6 Å². The van der Waals surface area contributed by atoms with E-state index in [1.165, 1.54) is 10.2 Å². The van der Waals surface area contributed by atoms with Crippen LogP contribution in [0.1, 0.15) is 13.8 Å². The molecule has 0 aromatic heterocycles. The molecule has 0 aromatic rings. The molecule has 0 saturated carbocycles. The van der Waals surface area contributed by atoms with E-state index in [1.54, 1.807) is 21.3 Å². The topological polar surface area (TPSA) is 27.7 Å². The molecule has 0 aliphatic rings. The van der Waals surface area contributed by atoms with E-state index in [-0.39, 0.29) is 0 Å². The Morgan fingerprint density at radius 1 is 1.00 bits per heavy atom. The van der Waals surface area contributed by atoms with Crippen LogP contribution in [0.3, 0.4) is 0 Å². The summed E-state index contributed by atoms with van der Waals surface area (Å²) in [4.78, 5) is 0. The van der Waals surface area contributed by atoms with Crippen LogP contribution in [0.15, 0.2) is 0 Å². The van der Waals surface area contributed by atoms with Crippen molar-refractivity contribution >= 4 is 19.0 Å². The summed E-state index contributed by atoms with van der Waals surface area (Å²) in [5.41, 5.74) is 0. The van der Waals surface area contributed by atoms with E-state index in [0.29, 0.717) is 5.92 Å². The molecule has 0 aromatic carbocycles. The summed E-state index contributed by atoms with van der Waals surface area (Å²) in [6.45, 7) is 6.39. The van der Waals surface area contributed by atoms with Gasteiger partial charge in [-0.1, -0.05) is 20.4 Å². The Hall–Kier alpha value is 0.314. The summed E-state index contributed by atoms with van der Waals surface area (Å²) in [5, 5.41) is 0. The van der Waals surface area contributed by atoms with E-state index in [4.69, 9.17) is 13.3 Å². The molecule has 82 valence electrons. The van der Waals surface area contributed by atoms with Gasteiger partial charge in [-0.3, -0.25) is 0 Å². The minimum absolute atomic E-state index is 0.543. The van der Waals surface area contributed by atoms with Gasteiger partial charge in [-0.25, -0.2) is 0 Å². The van der Waals surface area contributed by atoms with Gasteiger partial charge in [0, 0.05) is 27.4 Å². The van der Waals surface area contributed by atoms with Crippen molar-refractivity contribution in [3.05, 3.63) is 0 Å². The third-order valence-electron chi connectivity index (χ3n) is 1.59. The lowest BCUT2D eigenvalue weighted by Crippen LogP contribution is -2.43. The fraction of sp³-hybridized carbons (Fsp3) is 1.00. The van der Waals surface area contributed by atoms with Gasteiger partial charge in [0.25, 0.3) is 0 Å². The predicted octanol–water partition coefficient (Wildman–Crippen LogP) is 0.920. The molecule has 0 rings (SSSR count). The molecule has 0 unspecified atom stereocenters. The molecule has 0 heterocycles. The zero-order valence-corrected chi connectivity index (χ0v) is 13.0. The first-order valence-electron chi connectivity index (χ1n) is 4.75. The van der Waals surface area contributed by atoms with Crippen LogP contribution < -0.4 is 0 Å². The van der Waals surface area contributed by atoms with Gasteiger partial charge in [0.05, 0.1) is 0 Å². The highest BCUT2D eigenvalue weighted by Crippen LogP contribution is 2.18. The molecule has 0 amide bonds. The Kier molecular flexibility index (Phi) is 10.8. The van der Waals surface area contributed by atoms with Crippen molar-refractivity contribution < 1.29 is 13.3 Å². The van der Waals surface area contributed by atoms with Crippen LogP contribution in [-0.4, -0.2) is 40.4 Å². The first-order chi connectivity index (χ1) is 6.10. The molecule has 0 spiro atoms. The van der Waals surface area contributed by atoms with Crippen LogP contribution in [0.25, 0.3) is 0 Å². The smallest absolute Gasteiger partial charge is 0.377 e. The van der Waals surface area contributed by atoms with Gasteiger partial charge in [0.2, 0.25) is 0 Å². The Labute approximate surface area is 86.6 Å². The van der Waals surface area contributed by atoms with Crippen LogP contribution in [0, 0.1) is 5.92 Å². The highest BCUT2D eigenvalue weighted by Gasteiger charge is 2.38. The molecule has 0 aliphatic heterocycles. The molecule has 13 heavy (non-hydrogen) atoms. The molecular formula is C8H24O3Si2. The van der Waals surface area contributed by atoms with Crippen molar-refractivity contribution in [2.24, 2.45) is 5.92 Å². The van der Waals surface area contributed by atoms with Gasteiger partial charge in [-0.15, -0.1) is 0 Å². The van der Waals surface area contributed by atoms with E-state index in [2.05, 4.69) is 20.4 Å². The molecule has 0 fully saturated rings. The highest BCUT2D eigenvalue weighted by atomic mass is 28.4. The SMILES string of the molecule is CO[Si](CC(C)C)(OC)OC.C[SiH3]. The number of hydrogen-bond acceptors (Lipinski definition) is 3. The van der Waals surface area contributed by atoms with Crippen LogP contribution in [-0.2, 0) is 13.3 Å². The number of hydrogen-bond donors (Lipinski definition) is 0. The minimum Gasteiger partial charge on any atom is -0.377 e. The van der Waals surface area contributed by atoms with Crippen molar-refractivity contribution in [2.45, 2.75) is 26.4 Å². The summed E-state index contributed by atoms with van der Waals surface area (Å²) in [7, 11) is 3.95. The first-order valence-corrected chi connectivity index (χ1v) is 8.69. The summed E-state index contributed by atoms with van der Waals surface area (Å²) in [6.07, 6.45) is 0. The second-order valence-corrected chi connectivity index (χ2v) is 5.89. The van der Waals surface area contributed by atoms with Crippen LogP contribution >= 0.6 is 0 Å². The average molecular weight is 224 g/mol. The Balaban J connectivity index is 0. The zero-order chi connectivity index (χ0) is 10.9. The Morgan fingerprint density at radius 2 is 1.31 bits per heavy atom. The van der Waals surface area contributed by atoms with E-state index in [1.807, 2.05) is 0 Å². The zero-order valence-electron chi connectivity index (χ0n) is 10.0. The van der Waals surface area contributed by atoms with E-state index in [0.717, 1.165) is 6.04 Å². The fourth-order valence-corrected chi connectivity index (χ4v) is 3.00. The van der Waals surface area contributed by atoms with Crippen molar-refractivity contribution in [3.8, 4) is 0 Å². The third-order valence-corrected chi connectivity index (χ3v) is 4.77. The third kappa shape index (κ3) is 6.39. The lowest BCUT2D eigenvalue weighted by molar-refractivity contribution is 0.119. The summed E-state index contributed by atoms with van der Waals surface area (Å²) in [5.74, 6) is 0.543. The van der Waals surface area contributed by atoms with Gasteiger partial charge >= 0.3 is 8.80 Å². The van der Waals surface area contributed by atoms with Gasteiger partial charge in [-0.2, -0.15) is 0 Å². The van der Waals surface area contributed by atoms with Crippen molar-refractivity contribution in [1.82, 2.24) is 0 Å². The van der Waals surface area contributed by atoms with E-state index >= 15 is 0 Å². The van der Waals surface area contributed by atoms with E-state index < -0.39 is 8.80 Å². The second-order valence-electron chi connectivity index (χ2n) is 2.89. The lowest BCUT2D eigenvalue weighted by Gasteiger charge is -2.25. The quantitative estimate of drug-likeness (QED) is 0.650. The molecule has 5 heteroatoms. The largest absolute Gasteiger partial charge is 0.500 e. The van der Waals surface area contributed by atoms with E-state index in [9.17, 15) is 0 Å². The van der Waals surface area contributed by atoms with Crippen molar-refractivity contribution in [2.75, 3.05) is 21.3 Å². The lowest BCUT2D eigenvalue weighted by atomic mass is 10.3. The molecule has 0 N–H and O–H groups in total.